The fourth-order valence-corrected chi connectivity index (χ4v) is 4.10. The van der Waals surface area contributed by atoms with Gasteiger partial charge in [0.1, 0.15) is 17.4 Å². The second-order valence-electron chi connectivity index (χ2n) is 6.46. The number of halogens is 1. The molecule has 0 aliphatic rings. The van der Waals surface area contributed by atoms with Gasteiger partial charge in [-0.05, 0) is 43.7 Å². The van der Waals surface area contributed by atoms with Crippen LogP contribution in [-0.2, 0) is 12.2 Å². The van der Waals surface area contributed by atoms with Gasteiger partial charge in [0.15, 0.2) is 5.16 Å². The summed E-state index contributed by atoms with van der Waals surface area (Å²) >= 11 is 1.56. The van der Waals surface area contributed by atoms with E-state index in [1.54, 1.807) is 23.9 Å². The first-order valence-electron chi connectivity index (χ1n) is 8.90. The summed E-state index contributed by atoms with van der Waals surface area (Å²) in [6.45, 7) is 3.83. The molecular weight excluding hydrogens is 375 g/mol. The van der Waals surface area contributed by atoms with Crippen LogP contribution < -0.4 is 0 Å². The van der Waals surface area contributed by atoms with Crippen molar-refractivity contribution in [2.45, 2.75) is 31.2 Å². The predicted molar refractivity (Wildman–Crippen MR) is 106 cm³/mol. The Morgan fingerprint density at radius 2 is 1.75 bits per heavy atom. The van der Waals surface area contributed by atoms with Crippen molar-refractivity contribution >= 4 is 11.8 Å². The summed E-state index contributed by atoms with van der Waals surface area (Å²) in [6.07, 6.45) is 0.636. The lowest BCUT2D eigenvalue weighted by atomic mass is 10.1. The summed E-state index contributed by atoms with van der Waals surface area (Å²) < 4.78 is 20.7. The van der Waals surface area contributed by atoms with Crippen LogP contribution in [0.5, 0.6) is 0 Å². The van der Waals surface area contributed by atoms with E-state index in [0.29, 0.717) is 12.2 Å². The van der Waals surface area contributed by atoms with Crippen molar-refractivity contribution in [2.24, 2.45) is 0 Å². The maximum Gasteiger partial charge on any atom is 0.196 e. The highest BCUT2D eigenvalue weighted by molar-refractivity contribution is 7.98. The van der Waals surface area contributed by atoms with Crippen LogP contribution in [0.25, 0.3) is 5.69 Å². The first kappa shape index (κ1) is 18.4. The molecule has 4 rings (SSSR count). The molecule has 7 heteroatoms. The molecule has 0 saturated carbocycles. The van der Waals surface area contributed by atoms with Gasteiger partial charge in [0.05, 0.1) is 5.69 Å². The lowest BCUT2D eigenvalue weighted by Crippen LogP contribution is -2.04. The van der Waals surface area contributed by atoms with Crippen molar-refractivity contribution in [1.29, 1.82) is 0 Å². The average molecular weight is 394 g/mol. The van der Waals surface area contributed by atoms with E-state index in [1.807, 2.05) is 36.6 Å². The SMILES string of the molecule is Cc1noc(C)c1CSc1nnc(Cc2ccccc2)n1-c1ccc(F)cc1. The molecule has 4 aromatic rings. The summed E-state index contributed by atoms with van der Waals surface area (Å²) in [5, 5.41) is 13.6. The minimum absolute atomic E-state index is 0.272. The smallest absolute Gasteiger partial charge is 0.196 e. The maximum atomic E-state index is 13.4. The molecule has 0 aliphatic carbocycles. The van der Waals surface area contributed by atoms with Crippen LogP contribution >= 0.6 is 11.8 Å². The molecule has 0 amide bonds. The number of thioether (sulfide) groups is 1. The molecule has 2 aromatic carbocycles. The Balaban J connectivity index is 1.68. The van der Waals surface area contributed by atoms with E-state index in [9.17, 15) is 4.39 Å². The molecule has 0 bridgehead atoms. The van der Waals surface area contributed by atoms with Gasteiger partial charge in [-0.25, -0.2) is 4.39 Å². The Morgan fingerprint density at radius 3 is 2.43 bits per heavy atom. The Bertz CT molecular complexity index is 1050. The fourth-order valence-electron chi connectivity index (χ4n) is 2.98. The largest absolute Gasteiger partial charge is 0.361 e. The Hall–Kier alpha value is -2.93. The van der Waals surface area contributed by atoms with Gasteiger partial charge in [0.2, 0.25) is 0 Å². The maximum absolute atomic E-state index is 13.4. The van der Waals surface area contributed by atoms with Crippen LogP contribution in [-0.4, -0.2) is 19.9 Å². The highest BCUT2D eigenvalue weighted by Crippen LogP contribution is 2.28. The summed E-state index contributed by atoms with van der Waals surface area (Å²) in [7, 11) is 0. The molecule has 0 fully saturated rings. The lowest BCUT2D eigenvalue weighted by molar-refractivity contribution is 0.392. The highest BCUT2D eigenvalue weighted by Gasteiger charge is 2.17. The van der Waals surface area contributed by atoms with Crippen LogP contribution in [0.1, 0.15) is 28.4 Å². The number of hydrogen-bond acceptors (Lipinski definition) is 5. The quantitative estimate of drug-likeness (QED) is 0.436. The van der Waals surface area contributed by atoms with Gasteiger partial charge in [-0.15, -0.1) is 10.2 Å². The number of aryl methyl sites for hydroxylation is 2. The fraction of sp³-hybridized carbons (Fsp3) is 0.190. The van der Waals surface area contributed by atoms with Crippen molar-refractivity contribution in [3.8, 4) is 5.69 Å². The third-order valence-corrected chi connectivity index (χ3v) is 5.47. The van der Waals surface area contributed by atoms with Gasteiger partial charge in [-0.3, -0.25) is 4.57 Å². The van der Waals surface area contributed by atoms with E-state index < -0.39 is 0 Å². The van der Waals surface area contributed by atoms with Gasteiger partial charge >= 0.3 is 0 Å². The zero-order valence-corrected chi connectivity index (χ0v) is 16.4. The second-order valence-corrected chi connectivity index (χ2v) is 7.41. The summed E-state index contributed by atoms with van der Waals surface area (Å²) in [5.74, 6) is 2.01. The van der Waals surface area contributed by atoms with Crippen molar-refractivity contribution in [2.75, 3.05) is 0 Å². The van der Waals surface area contributed by atoms with E-state index in [-0.39, 0.29) is 5.82 Å². The third-order valence-electron chi connectivity index (χ3n) is 4.52. The molecule has 2 aromatic heterocycles. The molecule has 2 heterocycles. The van der Waals surface area contributed by atoms with Crippen LogP contribution in [0, 0.1) is 19.7 Å². The molecule has 0 atom stereocenters. The second kappa shape index (κ2) is 7.98. The van der Waals surface area contributed by atoms with Gasteiger partial charge in [0.25, 0.3) is 0 Å². The standard InChI is InChI=1S/C21H19FN4OS/c1-14-19(15(2)27-25-14)13-28-21-24-23-20(12-16-6-4-3-5-7-16)26(21)18-10-8-17(22)9-11-18/h3-11H,12-13H2,1-2H3. The molecule has 0 saturated heterocycles. The minimum atomic E-state index is -0.272. The van der Waals surface area contributed by atoms with Crippen molar-refractivity contribution < 1.29 is 8.91 Å². The van der Waals surface area contributed by atoms with Crippen molar-refractivity contribution in [3.05, 3.63) is 88.8 Å². The van der Waals surface area contributed by atoms with E-state index in [4.69, 9.17) is 4.52 Å². The first-order valence-corrected chi connectivity index (χ1v) is 9.89. The number of rotatable bonds is 6. The topological polar surface area (TPSA) is 56.7 Å². The number of benzene rings is 2. The van der Waals surface area contributed by atoms with E-state index >= 15 is 0 Å². The van der Waals surface area contributed by atoms with E-state index in [1.165, 1.54) is 12.1 Å². The highest BCUT2D eigenvalue weighted by atomic mass is 32.2. The van der Waals surface area contributed by atoms with Crippen LogP contribution in [0.4, 0.5) is 4.39 Å². The van der Waals surface area contributed by atoms with Crippen LogP contribution in [0.2, 0.25) is 0 Å². The molecular formula is C21H19FN4OS. The molecule has 0 radical (unpaired) electrons. The normalized spacial score (nSPS) is 11.1. The number of aromatic nitrogens is 4. The zero-order chi connectivity index (χ0) is 19.5. The average Bonchev–Trinajstić information content (AvgIpc) is 3.24. The molecule has 142 valence electrons. The Labute approximate surface area is 166 Å². The third kappa shape index (κ3) is 3.84. The van der Waals surface area contributed by atoms with Crippen molar-refractivity contribution in [3.63, 3.8) is 0 Å². The molecule has 0 unspecified atom stereocenters. The Kier molecular flexibility index (Phi) is 5.25. The lowest BCUT2D eigenvalue weighted by Gasteiger charge is -2.10. The van der Waals surface area contributed by atoms with Crippen LogP contribution in [0.15, 0.2) is 64.3 Å². The number of nitrogens with zero attached hydrogens (tertiary/aromatic N) is 4. The molecule has 0 aliphatic heterocycles. The summed E-state index contributed by atoms with van der Waals surface area (Å²) in [6, 6.07) is 16.5. The summed E-state index contributed by atoms with van der Waals surface area (Å²) in [5.41, 5.74) is 3.91. The van der Waals surface area contributed by atoms with Gasteiger partial charge in [-0.2, -0.15) is 0 Å². The van der Waals surface area contributed by atoms with E-state index in [2.05, 4.69) is 27.5 Å². The molecule has 0 N–H and O–H groups in total. The molecule has 5 nitrogen and oxygen atoms in total. The minimum Gasteiger partial charge on any atom is -0.361 e. The number of hydrogen-bond donors (Lipinski definition) is 0. The van der Waals surface area contributed by atoms with Gasteiger partial charge < -0.3 is 4.52 Å². The Morgan fingerprint density at radius 1 is 1.00 bits per heavy atom. The van der Waals surface area contributed by atoms with Gasteiger partial charge in [0, 0.05) is 23.4 Å². The predicted octanol–water partition coefficient (Wildman–Crippen LogP) is 4.89. The molecule has 0 spiro atoms. The summed E-state index contributed by atoms with van der Waals surface area (Å²) in [4.78, 5) is 0. The molecule has 28 heavy (non-hydrogen) atoms. The van der Waals surface area contributed by atoms with Crippen LogP contribution in [0.3, 0.4) is 0 Å². The van der Waals surface area contributed by atoms with Crippen molar-refractivity contribution in [1.82, 2.24) is 19.9 Å². The first-order chi connectivity index (χ1) is 13.6. The monoisotopic (exact) mass is 394 g/mol. The van der Waals surface area contributed by atoms with Gasteiger partial charge in [-0.1, -0.05) is 47.3 Å². The zero-order valence-electron chi connectivity index (χ0n) is 15.6. The van der Waals surface area contributed by atoms with E-state index in [0.717, 1.165) is 39.2 Å².